The summed E-state index contributed by atoms with van der Waals surface area (Å²) in [6, 6.07) is 14.0. The zero-order valence-electron chi connectivity index (χ0n) is 14.5. The van der Waals surface area contributed by atoms with Crippen molar-refractivity contribution in [1.82, 2.24) is 9.36 Å². The molecule has 0 saturated heterocycles. The van der Waals surface area contributed by atoms with E-state index in [0.717, 1.165) is 33.7 Å². The van der Waals surface area contributed by atoms with Gasteiger partial charge in [0.05, 0.1) is 5.69 Å². The maximum absolute atomic E-state index is 12.4. The van der Waals surface area contributed by atoms with Gasteiger partial charge in [-0.05, 0) is 44.0 Å². The van der Waals surface area contributed by atoms with Gasteiger partial charge in [0.25, 0.3) is 5.56 Å². The molecule has 2 aromatic carbocycles. The van der Waals surface area contributed by atoms with Crippen LogP contribution in [0.15, 0.2) is 53.5 Å². The van der Waals surface area contributed by atoms with E-state index in [1.165, 1.54) is 0 Å². The van der Waals surface area contributed by atoms with Gasteiger partial charge in [0.15, 0.2) is 0 Å². The van der Waals surface area contributed by atoms with Crippen LogP contribution in [-0.2, 0) is 13.7 Å². The quantitative estimate of drug-likeness (QED) is 0.734. The Morgan fingerprint density at radius 1 is 1.00 bits per heavy atom. The summed E-state index contributed by atoms with van der Waals surface area (Å²) in [7, 11) is 1.87. The second kappa shape index (κ2) is 6.40. The summed E-state index contributed by atoms with van der Waals surface area (Å²) in [5.41, 5.74) is 4.81. The zero-order valence-corrected chi connectivity index (χ0v) is 14.5. The van der Waals surface area contributed by atoms with Crippen LogP contribution in [0.25, 0.3) is 5.69 Å². The van der Waals surface area contributed by atoms with E-state index in [2.05, 4.69) is 12.1 Å². The van der Waals surface area contributed by atoms with E-state index in [-0.39, 0.29) is 5.56 Å². The first-order valence-electron chi connectivity index (χ1n) is 8.01. The molecular formula is C20H22N2O2. The minimum Gasteiger partial charge on any atom is -0.489 e. The van der Waals surface area contributed by atoms with Gasteiger partial charge in [0.1, 0.15) is 12.4 Å². The third kappa shape index (κ3) is 3.00. The Bertz CT molecular complexity index is 935. The van der Waals surface area contributed by atoms with Gasteiger partial charge in [0.2, 0.25) is 0 Å². The SMILES string of the molecule is Cc1ccc(C)c(OCc2ccccc2-n2c(=O)c(C)cn2C)c1. The van der Waals surface area contributed by atoms with Gasteiger partial charge in [-0.1, -0.05) is 30.3 Å². The van der Waals surface area contributed by atoms with Crippen LogP contribution in [0.5, 0.6) is 5.75 Å². The molecule has 4 heteroatoms. The number of hydrogen-bond donors (Lipinski definition) is 0. The molecule has 0 bridgehead atoms. The number of aryl methyl sites for hydroxylation is 4. The maximum Gasteiger partial charge on any atom is 0.274 e. The molecule has 0 fully saturated rings. The van der Waals surface area contributed by atoms with Crippen LogP contribution in [-0.4, -0.2) is 9.36 Å². The van der Waals surface area contributed by atoms with Crippen LogP contribution in [0, 0.1) is 20.8 Å². The number of para-hydroxylation sites is 1. The first-order chi connectivity index (χ1) is 11.5. The first kappa shape index (κ1) is 16.1. The van der Waals surface area contributed by atoms with Gasteiger partial charge < -0.3 is 4.74 Å². The Balaban J connectivity index is 1.96. The van der Waals surface area contributed by atoms with Crippen molar-refractivity contribution in [2.24, 2.45) is 7.05 Å². The molecule has 3 aromatic rings. The highest BCUT2D eigenvalue weighted by Gasteiger charge is 2.12. The Morgan fingerprint density at radius 3 is 2.46 bits per heavy atom. The molecule has 0 radical (unpaired) electrons. The molecule has 124 valence electrons. The summed E-state index contributed by atoms with van der Waals surface area (Å²) in [5.74, 6) is 0.875. The number of rotatable bonds is 4. The molecule has 0 unspecified atom stereocenters. The minimum atomic E-state index is -0.00307. The van der Waals surface area contributed by atoms with E-state index in [1.54, 1.807) is 4.68 Å². The highest BCUT2D eigenvalue weighted by molar-refractivity contribution is 5.42. The summed E-state index contributed by atoms with van der Waals surface area (Å²) in [6.07, 6.45) is 1.84. The second-order valence-electron chi connectivity index (χ2n) is 6.19. The fourth-order valence-electron chi connectivity index (χ4n) is 2.84. The molecule has 3 rings (SSSR count). The van der Waals surface area contributed by atoms with E-state index in [4.69, 9.17) is 4.74 Å². The van der Waals surface area contributed by atoms with Crippen molar-refractivity contribution in [3.8, 4) is 11.4 Å². The summed E-state index contributed by atoms with van der Waals surface area (Å²) in [4.78, 5) is 12.4. The largest absolute Gasteiger partial charge is 0.489 e. The summed E-state index contributed by atoms with van der Waals surface area (Å²) < 4.78 is 9.52. The van der Waals surface area contributed by atoms with Crippen LogP contribution in [0.1, 0.15) is 22.3 Å². The number of aromatic nitrogens is 2. The molecule has 0 spiro atoms. The number of benzene rings is 2. The predicted octanol–water partition coefficient (Wildman–Crippen LogP) is 3.68. The molecule has 0 aliphatic carbocycles. The van der Waals surface area contributed by atoms with Crippen molar-refractivity contribution in [3.63, 3.8) is 0 Å². The predicted molar refractivity (Wildman–Crippen MR) is 96.0 cm³/mol. The first-order valence-corrected chi connectivity index (χ1v) is 8.01. The topological polar surface area (TPSA) is 36.2 Å². The highest BCUT2D eigenvalue weighted by Crippen LogP contribution is 2.22. The normalized spacial score (nSPS) is 10.8. The Hall–Kier alpha value is -2.75. The minimum absolute atomic E-state index is 0.00307. The van der Waals surface area contributed by atoms with Crippen LogP contribution in [0.2, 0.25) is 0 Å². The van der Waals surface area contributed by atoms with Crippen molar-refractivity contribution in [2.75, 3.05) is 0 Å². The molecular weight excluding hydrogens is 300 g/mol. The van der Waals surface area contributed by atoms with Crippen molar-refractivity contribution >= 4 is 0 Å². The lowest BCUT2D eigenvalue weighted by molar-refractivity contribution is 0.303. The van der Waals surface area contributed by atoms with E-state index >= 15 is 0 Å². The summed E-state index contributed by atoms with van der Waals surface area (Å²) >= 11 is 0. The Morgan fingerprint density at radius 2 is 1.75 bits per heavy atom. The van der Waals surface area contributed by atoms with Crippen molar-refractivity contribution < 1.29 is 4.74 Å². The van der Waals surface area contributed by atoms with Crippen LogP contribution in [0.3, 0.4) is 0 Å². The molecule has 0 N–H and O–H groups in total. The van der Waals surface area contributed by atoms with E-state index in [1.807, 2.05) is 69.0 Å². The summed E-state index contributed by atoms with van der Waals surface area (Å²) in [5, 5.41) is 0. The van der Waals surface area contributed by atoms with Gasteiger partial charge in [-0.2, -0.15) is 0 Å². The Labute approximate surface area is 141 Å². The molecule has 4 nitrogen and oxygen atoms in total. The molecule has 0 saturated carbocycles. The lowest BCUT2D eigenvalue weighted by atomic mass is 10.1. The van der Waals surface area contributed by atoms with Gasteiger partial charge in [0, 0.05) is 24.4 Å². The van der Waals surface area contributed by atoms with E-state index in [0.29, 0.717) is 6.61 Å². The zero-order chi connectivity index (χ0) is 17.3. The molecule has 24 heavy (non-hydrogen) atoms. The van der Waals surface area contributed by atoms with Crippen LogP contribution < -0.4 is 10.3 Å². The van der Waals surface area contributed by atoms with Crippen LogP contribution >= 0.6 is 0 Å². The second-order valence-corrected chi connectivity index (χ2v) is 6.19. The molecule has 0 amide bonds. The van der Waals surface area contributed by atoms with Gasteiger partial charge in [-0.3, -0.25) is 9.48 Å². The average Bonchev–Trinajstić information content (AvgIpc) is 2.81. The lowest BCUT2D eigenvalue weighted by Gasteiger charge is -2.15. The van der Waals surface area contributed by atoms with Crippen LogP contribution in [0.4, 0.5) is 0 Å². The number of nitrogens with zero attached hydrogens (tertiary/aromatic N) is 2. The highest BCUT2D eigenvalue weighted by atomic mass is 16.5. The van der Waals surface area contributed by atoms with Crippen molar-refractivity contribution in [3.05, 3.63) is 81.3 Å². The fraction of sp³-hybridized carbons (Fsp3) is 0.250. The fourth-order valence-corrected chi connectivity index (χ4v) is 2.84. The molecule has 0 aliphatic rings. The smallest absolute Gasteiger partial charge is 0.274 e. The van der Waals surface area contributed by atoms with E-state index in [9.17, 15) is 4.79 Å². The van der Waals surface area contributed by atoms with Gasteiger partial charge >= 0.3 is 0 Å². The Kier molecular flexibility index (Phi) is 4.30. The molecule has 0 aliphatic heterocycles. The number of hydrogen-bond acceptors (Lipinski definition) is 2. The average molecular weight is 322 g/mol. The van der Waals surface area contributed by atoms with Crippen molar-refractivity contribution in [2.45, 2.75) is 27.4 Å². The van der Waals surface area contributed by atoms with Crippen molar-refractivity contribution in [1.29, 1.82) is 0 Å². The van der Waals surface area contributed by atoms with E-state index < -0.39 is 0 Å². The molecule has 1 heterocycles. The van der Waals surface area contributed by atoms with Gasteiger partial charge in [-0.15, -0.1) is 0 Å². The number of ether oxygens (including phenoxy) is 1. The maximum atomic E-state index is 12.4. The lowest BCUT2D eigenvalue weighted by Crippen LogP contribution is -2.21. The monoisotopic (exact) mass is 322 g/mol. The third-order valence-electron chi connectivity index (χ3n) is 4.17. The molecule has 0 atom stereocenters. The summed E-state index contributed by atoms with van der Waals surface area (Å²) in [6.45, 7) is 6.32. The third-order valence-corrected chi connectivity index (χ3v) is 4.17. The molecule has 1 aromatic heterocycles. The van der Waals surface area contributed by atoms with Gasteiger partial charge in [-0.25, -0.2) is 4.68 Å². The standard InChI is InChI=1S/C20H22N2O2/c1-14-9-10-15(2)19(11-14)24-13-17-7-5-6-8-18(17)22-20(23)16(3)12-21(22)4/h5-12H,13H2,1-4H3.